The number of hydrogen-bond donors (Lipinski definition) is 2. The quantitative estimate of drug-likeness (QED) is 0.878. The first-order valence-corrected chi connectivity index (χ1v) is 6.78. The largest absolute Gasteiger partial charge is 0.478 e. The Kier molecular flexibility index (Phi) is 4.39. The van der Waals surface area contributed by atoms with Crippen LogP contribution in [0, 0.1) is 12.7 Å². The maximum atomic E-state index is 13.6. The Morgan fingerprint density at radius 1 is 1.30 bits per heavy atom. The number of carbonyl (C=O) groups is 1. The first-order valence-electron chi connectivity index (χ1n) is 5.99. The summed E-state index contributed by atoms with van der Waals surface area (Å²) in [6.07, 6.45) is 0. The number of halogens is 2. The summed E-state index contributed by atoms with van der Waals surface area (Å²) in [4.78, 5) is 10.9. The number of benzene rings is 2. The Morgan fingerprint density at radius 3 is 2.70 bits per heavy atom. The van der Waals surface area contributed by atoms with E-state index in [1.165, 1.54) is 12.1 Å². The molecule has 2 aromatic carbocycles. The zero-order valence-electron chi connectivity index (χ0n) is 10.8. The number of hydrogen-bond acceptors (Lipinski definition) is 2. The SMILES string of the molecule is Cc1cc(CNc2cc(C(=O)O)ccc2F)ccc1Br. The second-order valence-corrected chi connectivity index (χ2v) is 5.29. The minimum Gasteiger partial charge on any atom is -0.478 e. The van der Waals surface area contributed by atoms with E-state index in [1.807, 2.05) is 25.1 Å². The van der Waals surface area contributed by atoms with Gasteiger partial charge in [-0.2, -0.15) is 0 Å². The molecule has 0 heterocycles. The molecule has 0 spiro atoms. The van der Waals surface area contributed by atoms with E-state index < -0.39 is 11.8 Å². The highest BCUT2D eigenvalue weighted by molar-refractivity contribution is 9.10. The number of aryl methyl sites for hydroxylation is 1. The van der Waals surface area contributed by atoms with E-state index in [9.17, 15) is 9.18 Å². The van der Waals surface area contributed by atoms with Crippen LogP contribution < -0.4 is 5.32 Å². The van der Waals surface area contributed by atoms with Crippen LogP contribution in [0.2, 0.25) is 0 Å². The van der Waals surface area contributed by atoms with Gasteiger partial charge < -0.3 is 10.4 Å². The van der Waals surface area contributed by atoms with Gasteiger partial charge in [-0.05, 0) is 42.3 Å². The van der Waals surface area contributed by atoms with Gasteiger partial charge in [-0.1, -0.05) is 28.1 Å². The third-order valence-corrected chi connectivity index (χ3v) is 3.81. The highest BCUT2D eigenvalue weighted by Gasteiger charge is 2.08. The number of rotatable bonds is 4. The van der Waals surface area contributed by atoms with E-state index in [4.69, 9.17) is 5.11 Å². The van der Waals surface area contributed by atoms with Crippen LogP contribution in [0.15, 0.2) is 40.9 Å². The summed E-state index contributed by atoms with van der Waals surface area (Å²) in [6.45, 7) is 2.40. The van der Waals surface area contributed by atoms with E-state index in [-0.39, 0.29) is 11.3 Å². The van der Waals surface area contributed by atoms with Crippen molar-refractivity contribution in [3.63, 3.8) is 0 Å². The molecule has 0 saturated carbocycles. The molecule has 0 unspecified atom stereocenters. The lowest BCUT2D eigenvalue weighted by Crippen LogP contribution is -2.04. The lowest BCUT2D eigenvalue weighted by Gasteiger charge is -2.09. The molecular formula is C15H13BrFNO2. The van der Waals surface area contributed by atoms with E-state index in [2.05, 4.69) is 21.2 Å². The molecule has 0 aliphatic heterocycles. The smallest absolute Gasteiger partial charge is 0.335 e. The second-order valence-electron chi connectivity index (χ2n) is 4.44. The third-order valence-electron chi connectivity index (χ3n) is 2.92. The van der Waals surface area contributed by atoms with Gasteiger partial charge in [-0.15, -0.1) is 0 Å². The van der Waals surface area contributed by atoms with E-state index in [1.54, 1.807) is 0 Å². The normalized spacial score (nSPS) is 10.3. The van der Waals surface area contributed by atoms with Gasteiger partial charge in [0.1, 0.15) is 5.82 Å². The average Bonchev–Trinajstić information content (AvgIpc) is 2.41. The second kappa shape index (κ2) is 6.05. The van der Waals surface area contributed by atoms with Crippen molar-refractivity contribution in [2.24, 2.45) is 0 Å². The summed E-state index contributed by atoms with van der Waals surface area (Å²) < 4.78 is 14.6. The molecule has 0 atom stereocenters. The Balaban J connectivity index is 2.15. The maximum Gasteiger partial charge on any atom is 0.335 e. The Labute approximate surface area is 124 Å². The number of carboxylic acids is 1. The van der Waals surface area contributed by atoms with Gasteiger partial charge in [0, 0.05) is 11.0 Å². The van der Waals surface area contributed by atoms with Gasteiger partial charge in [0.15, 0.2) is 0 Å². The average molecular weight is 338 g/mol. The van der Waals surface area contributed by atoms with Gasteiger partial charge in [0.25, 0.3) is 0 Å². The van der Waals surface area contributed by atoms with E-state index in [0.29, 0.717) is 6.54 Å². The highest BCUT2D eigenvalue weighted by Crippen LogP contribution is 2.20. The van der Waals surface area contributed by atoms with Crippen molar-refractivity contribution in [2.45, 2.75) is 13.5 Å². The van der Waals surface area contributed by atoms with Gasteiger partial charge in [0.2, 0.25) is 0 Å². The van der Waals surface area contributed by atoms with Crippen LogP contribution in [0.4, 0.5) is 10.1 Å². The van der Waals surface area contributed by atoms with Gasteiger partial charge in [-0.25, -0.2) is 9.18 Å². The summed E-state index contributed by atoms with van der Waals surface area (Å²) in [5.41, 5.74) is 2.32. The summed E-state index contributed by atoms with van der Waals surface area (Å²) in [5, 5.41) is 11.8. The van der Waals surface area contributed by atoms with Crippen molar-refractivity contribution >= 4 is 27.6 Å². The van der Waals surface area contributed by atoms with Crippen molar-refractivity contribution in [1.29, 1.82) is 0 Å². The van der Waals surface area contributed by atoms with Crippen molar-refractivity contribution < 1.29 is 14.3 Å². The van der Waals surface area contributed by atoms with Crippen LogP contribution in [0.25, 0.3) is 0 Å². The first kappa shape index (κ1) is 14.5. The minimum absolute atomic E-state index is 0.0564. The van der Waals surface area contributed by atoms with Crippen molar-refractivity contribution in [3.05, 3.63) is 63.4 Å². The molecule has 0 amide bonds. The van der Waals surface area contributed by atoms with Gasteiger partial charge in [-0.3, -0.25) is 0 Å². The highest BCUT2D eigenvalue weighted by atomic mass is 79.9. The lowest BCUT2D eigenvalue weighted by molar-refractivity contribution is 0.0697. The number of nitrogens with one attached hydrogen (secondary N) is 1. The van der Waals surface area contributed by atoms with Gasteiger partial charge >= 0.3 is 5.97 Å². The van der Waals surface area contributed by atoms with Crippen molar-refractivity contribution in [3.8, 4) is 0 Å². The third kappa shape index (κ3) is 3.36. The molecule has 0 aliphatic rings. The zero-order valence-corrected chi connectivity index (χ0v) is 12.4. The predicted octanol–water partition coefficient (Wildman–Crippen LogP) is 4.21. The van der Waals surface area contributed by atoms with E-state index >= 15 is 0 Å². The van der Waals surface area contributed by atoms with Crippen molar-refractivity contribution in [2.75, 3.05) is 5.32 Å². The first-order chi connectivity index (χ1) is 9.47. The molecule has 0 bridgehead atoms. The lowest BCUT2D eigenvalue weighted by atomic mass is 10.1. The fourth-order valence-electron chi connectivity index (χ4n) is 1.81. The Bertz CT molecular complexity index is 658. The molecule has 3 nitrogen and oxygen atoms in total. The van der Waals surface area contributed by atoms with Gasteiger partial charge in [0.05, 0.1) is 11.3 Å². The molecule has 0 saturated heterocycles. The standard InChI is InChI=1S/C15H13BrFNO2/c1-9-6-10(2-4-12(9)16)8-18-14-7-11(15(19)20)3-5-13(14)17/h2-7,18H,8H2,1H3,(H,19,20). The molecule has 0 fully saturated rings. The zero-order chi connectivity index (χ0) is 14.7. The Hall–Kier alpha value is -1.88. The Morgan fingerprint density at radius 2 is 2.05 bits per heavy atom. The minimum atomic E-state index is -1.08. The number of aromatic carboxylic acids is 1. The molecule has 20 heavy (non-hydrogen) atoms. The molecule has 2 N–H and O–H groups in total. The molecule has 2 aromatic rings. The maximum absolute atomic E-state index is 13.6. The fraction of sp³-hybridized carbons (Fsp3) is 0.133. The topological polar surface area (TPSA) is 49.3 Å². The molecule has 0 aliphatic carbocycles. The van der Waals surface area contributed by atoms with Crippen LogP contribution in [-0.2, 0) is 6.54 Å². The summed E-state index contributed by atoms with van der Waals surface area (Å²) in [5.74, 6) is -1.55. The van der Waals surface area contributed by atoms with Crippen LogP contribution in [0.3, 0.4) is 0 Å². The molecule has 2 rings (SSSR count). The summed E-state index contributed by atoms with van der Waals surface area (Å²) in [6, 6.07) is 9.52. The molecule has 0 radical (unpaired) electrons. The number of anilines is 1. The fourth-order valence-corrected chi connectivity index (χ4v) is 2.05. The molecule has 0 aromatic heterocycles. The van der Waals surface area contributed by atoms with Crippen LogP contribution in [0.5, 0.6) is 0 Å². The summed E-state index contributed by atoms with van der Waals surface area (Å²) >= 11 is 3.42. The van der Waals surface area contributed by atoms with Crippen LogP contribution in [0.1, 0.15) is 21.5 Å². The predicted molar refractivity (Wildman–Crippen MR) is 79.6 cm³/mol. The molecule has 5 heteroatoms. The van der Waals surface area contributed by atoms with E-state index in [0.717, 1.165) is 21.7 Å². The molecular weight excluding hydrogens is 325 g/mol. The molecule has 104 valence electrons. The van der Waals surface area contributed by atoms with Crippen LogP contribution >= 0.6 is 15.9 Å². The van der Waals surface area contributed by atoms with Crippen molar-refractivity contribution in [1.82, 2.24) is 0 Å². The number of carboxylic acid groups (broad SMARTS) is 1. The summed E-state index contributed by atoms with van der Waals surface area (Å²) in [7, 11) is 0. The monoisotopic (exact) mass is 337 g/mol. The van der Waals surface area contributed by atoms with Crippen LogP contribution in [-0.4, -0.2) is 11.1 Å².